The number of aliphatic hydroxyl groups is 2. The molecule has 8 heteroatoms. The summed E-state index contributed by atoms with van der Waals surface area (Å²) in [7, 11) is 0. The molecule has 0 fully saturated rings. The van der Waals surface area contributed by atoms with Crippen LogP contribution in [0.3, 0.4) is 0 Å². The maximum atomic E-state index is 9.85. The van der Waals surface area contributed by atoms with Crippen LogP contribution in [0.2, 0.25) is 0 Å². The van der Waals surface area contributed by atoms with Gasteiger partial charge in [-0.3, -0.25) is 0 Å². The van der Waals surface area contributed by atoms with Crippen molar-refractivity contribution in [2.24, 2.45) is 0 Å². The Morgan fingerprint density at radius 2 is 0.639 bits per heavy atom. The Hall–Kier alpha value is -0.320. The predicted octanol–water partition coefficient (Wildman–Crippen LogP) is 4.53. The molecule has 0 saturated heterocycles. The Labute approximate surface area is 221 Å². The predicted molar refractivity (Wildman–Crippen MR) is 144 cm³/mol. The average Bonchev–Trinajstić information content (AvgIpc) is 2.87. The lowest BCUT2D eigenvalue weighted by atomic mass is 10.1. The number of unbranched alkanes of at least 4 members (excludes halogenated alkanes) is 10. The number of hydrogen-bond acceptors (Lipinski definition) is 8. The summed E-state index contributed by atoms with van der Waals surface area (Å²) in [6.45, 7) is 9.68. The minimum Gasteiger partial charge on any atom is -0.388 e. The van der Waals surface area contributed by atoms with Crippen LogP contribution in [0.4, 0.5) is 0 Å². The van der Waals surface area contributed by atoms with E-state index < -0.39 is 12.2 Å². The molecule has 0 bridgehead atoms. The molecule has 0 aliphatic carbocycles. The second-order valence-electron chi connectivity index (χ2n) is 9.37. The first-order valence-electron chi connectivity index (χ1n) is 14.5. The van der Waals surface area contributed by atoms with Crippen LogP contribution in [-0.4, -0.2) is 102 Å². The summed E-state index contributed by atoms with van der Waals surface area (Å²) in [5, 5.41) is 19.7. The van der Waals surface area contributed by atoms with Gasteiger partial charge in [0.2, 0.25) is 0 Å². The summed E-state index contributed by atoms with van der Waals surface area (Å²) in [4.78, 5) is 0. The Morgan fingerprint density at radius 1 is 0.361 bits per heavy atom. The minimum atomic E-state index is -0.598. The fraction of sp³-hybridized carbons (Fsp3) is 1.00. The van der Waals surface area contributed by atoms with Gasteiger partial charge in [0.1, 0.15) is 12.2 Å². The van der Waals surface area contributed by atoms with E-state index in [0.717, 1.165) is 12.8 Å². The molecule has 2 unspecified atom stereocenters. The molecule has 8 nitrogen and oxygen atoms in total. The van der Waals surface area contributed by atoms with Gasteiger partial charge in [0.15, 0.2) is 0 Å². The molecule has 0 heterocycles. The zero-order valence-corrected chi connectivity index (χ0v) is 23.5. The van der Waals surface area contributed by atoms with Crippen molar-refractivity contribution in [2.75, 3.05) is 79.3 Å². The highest BCUT2D eigenvalue weighted by molar-refractivity contribution is 4.53. The zero-order valence-electron chi connectivity index (χ0n) is 23.5. The SMILES string of the molecule is CCCCCCCCOCC(O)COCCOCCOCCOCC(O)COCCCCCCCC. The van der Waals surface area contributed by atoms with Crippen molar-refractivity contribution in [3.8, 4) is 0 Å². The summed E-state index contributed by atoms with van der Waals surface area (Å²) in [6, 6.07) is 0. The van der Waals surface area contributed by atoms with Gasteiger partial charge in [-0.25, -0.2) is 0 Å². The Balaban J connectivity index is 3.21. The molecule has 0 aromatic heterocycles. The molecule has 0 amide bonds. The van der Waals surface area contributed by atoms with Gasteiger partial charge in [-0.15, -0.1) is 0 Å². The summed E-state index contributed by atoms with van der Waals surface area (Å²) in [5.41, 5.74) is 0. The molecule has 0 aromatic rings. The van der Waals surface area contributed by atoms with Crippen molar-refractivity contribution < 1.29 is 38.6 Å². The second kappa shape index (κ2) is 30.9. The Kier molecular flexibility index (Phi) is 30.6. The molecule has 0 spiro atoms. The fourth-order valence-electron chi connectivity index (χ4n) is 3.50. The monoisotopic (exact) mass is 522 g/mol. The van der Waals surface area contributed by atoms with Gasteiger partial charge in [-0.1, -0.05) is 78.1 Å². The third-order valence-corrected chi connectivity index (χ3v) is 5.64. The van der Waals surface area contributed by atoms with Crippen molar-refractivity contribution >= 4 is 0 Å². The standard InChI is InChI=1S/C28H58O8/c1-3-5-7-9-11-13-15-33-23-27(29)25-35-21-19-31-17-18-32-20-22-36-26-28(30)24-34-16-14-12-10-8-6-4-2/h27-30H,3-26H2,1-2H3. The first-order valence-corrected chi connectivity index (χ1v) is 14.5. The molecule has 2 N–H and O–H groups in total. The van der Waals surface area contributed by atoms with Gasteiger partial charge in [0, 0.05) is 13.2 Å². The molecular weight excluding hydrogens is 464 g/mol. The smallest absolute Gasteiger partial charge is 0.101 e. The Morgan fingerprint density at radius 3 is 1.00 bits per heavy atom. The van der Waals surface area contributed by atoms with E-state index in [2.05, 4.69) is 13.8 Å². The van der Waals surface area contributed by atoms with E-state index in [1.54, 1.807) is 0 Å². The maximum Gasteiger partial charge on any atom is 0.101 e. The first-order chi connectivity index (χ1) is 17.7. The highest BCUT2D eigenvalue weighted by Gasteiger charge is 2.05. The summed E-state index contributed by atoms with van der Waals surface area (Å²) >= 11 is 0. The van der Waals surface area contributed by atoms with Crippen LogP contribution < -0.4 is 0 Å². The topological polar surface area (TPSA) is 95.8 Å². The van der Waals surface area contributed by atoms with Crippen LogP contribution in [0.15, 0.2) is 0 Å². The first kappa shape index (κ1) is 35.7. The van der Waals surface area contributed by atoms with Gasteiger partial charge < -0.3 is 38.6 Å². The Bertz CT molecular complexity index is 364. The number of rotatable bonds is 31. The van der Waals surface area contributed by atoms with Crippen LogP contribution in [0.25, 0.3) is 0 Å². The lowest BCUT2D eigenvalue weighted by molar-refractivity contribution is -0.0456. The lowest BCUT2D eigenvalue weighted by Gasteiger charge is -2.13. The lowest BCUT2D eigenvalue weighted by Crippen LogP contribution is -2.23. The van der Waals surface area contributed by atoms with Gasteiger partial charge in [-0.2, -0.15) is 0 Å². The van der Waals surface area contributed by atoms with E-state index in [0.29, 0.717) is 66.1 Å². The molecule has 218 valence electrons. The van der Waals surface area contributed by atoms with E-state index in [-0.39, 0.29) is 13.2 Å². The van der Waals surface area contributed by atoms with Gasteiger partial charge in [0.05, 0.1) is 66.1 Å². The van der Waals surface area contributed by atoms with E-state index in [1.807, 2.05) is 0 Å². The molecule has 0 saturated carbocycles. The molecule has 0 rings (SSSR count). The van der Waals surface area contributed by atoms with Gasteiger partial charge in [0.25, 0.3) is 0 Å². The minimum absolute atomic E-state index is 0.254. The summed E-state index contributed by atoms with van der Waals surface area (Å²) in [6.07, 6.45) is 13.6. The van der Waals surface area contributed by atoms with E-state index in [4.69, 9.17) is 28.4 Å². The van der Waals surface area contributed by atoms with E-state index in [1.165, 1.54) is 64.2 Å². The average molecular weight is 523 g/mol. The normalized spacial score (nSPS) is 13.3. The molecular formula is C28H58O8. The molecule has 0 aromatic carbocycles. The van der Waals surface area contributed by atoms with Crippen molar-refractivity contribution in [3.05, 3.63) is 0 Å². The van der Waals surface area contributed by atoms with Crippen LogP contribution in [-0.2, 0) is 28.4 Å². The van der Waals surface area contributed by atoms with E-state index in [9.17, 15) is 10.2 Å². The van der Waals surface area contributed by atoms with Gasteiger partial charge >= 0.3 is 0 Å². The second-order valence-corrected chi connectivity index (χ2v) is 9.37. The van der Waals surface area contributed by atoms with Crippen LogP contribution in [0.1, 0.15) is 90.9 Å². The highest BCUT2D eigenvalue weighted by atomic mass is 16.6. The van der Waals surface area contributed by atoms with Crippen molar-refractivity contribution in [2.45, 2.75) is 103 Å². The third-order valence-electron chi connectivity index (χ3n) is 5.64. The summed E-state index contributed by atoms with van der Waals surface area (Å²) in [5.74, 6) is 0. The van der Waals surface area contributed by atoms with Crippen LogP contribution >= 0.6 is 0 Å². The molecule has 0 aliphatic heterocycles. The van der Waals surface area contributed by atoms with Crippen LogP contribution in [0.5, 0.6) is 0 Å². The quantitative estimate of drug-likeness (QED) is 0.128. The number of ether oxygens (including phenoxy) is 6. The zero-order chi connectivity index (χ0) is 26.4. The largest absolute Gasteiger partial charge is 0.388 e. The third kappa shape index (κ3) is 29.9. The summed E-state index contributed by atoms with van der Waals surface area (Å²) < 4.78 is 32.7. The fourth-order valence-corrected chi connectivity index (χ4v) is 3.50. The van der Waals surface area contributed by atoms with Crippen LogP contribution in [0, 0.1) is 0 Å². The number of aliphatic hydroxyl groups excluding tert-OH is 2. The molecule has 2 atom stereocenters. The van der Waals surface area contributed by atoms with Crippen molar-refractivity contribution in [1.82, 2.24) is 0 Å². The van der Waals surface area contributed by atoms with Crippen molar-refractivity contribution in [1.29, 1.82) is 0 Å². The van der Waals surface area contributed by atoms with E-state index >= 15 is 0 Å². The molecule has 36 heavy (non-hydrogen) atoms. The molecule has 0 aliphatic rings. The highest BCUT2D eigenvalue weighted by Crippen LogP contribution is 2.06. The van der Waals surface area contributed by atoms with Gasteiger partial charge in [-0.05, 0) is 12.8 Å². The maximum absolute atomic E-state index is 9.85. The molecule has 0 radical (unpaired) electrons. The van der Waals surface area contributed by atoms with Crippen molar-refractivity contribution in [3.63, 3.8) is 0 Å². The number of hydrogen-bond donors (Lipinski definition) is 2.